The highest BCUT2D eigenvalue weighted by molar-refractivity contribution is 5.94. The van der Waals surface area contributed by atoms with Gasteiger partial charge in [-0.15, -0.1) is 5.10 Å². The first-order valence-corrected chi connectivity index (χ1v) is 6.20. The van der Waals surface area contributed by atoms with E-state index in [1.807, 2.05) is 0 Å². The van der Waals surface area contributed by atoms with Gasteiger partial charge in [-0.1, -0.05) is 0 Å². The molecule has 3 N–H and O–H groups in total. The number of aliphatic hydroxyl groups excluding tert-OH is 1. The molecule has 1 unspecified atom stereocenters. The highest BCUT2D eigenvalue weighted by Crippen LogP contribution is 2.37. The van der Waals surface area contributed by atoms with Gasteiger partial charge in [0.1, 0.15) is 11.9 Å². The van der Waals surface area contributed by atoms with Crippen molar-refractivity contribution in [2.45, 2.75) is 37.3 Å². The fourth-order valence-electron chi connectivity index (χ4n) is 2.31. The number of aromatic amines is 1. The fraction of sp³-hybridized carbons (Fsp3) is 0.636. The maximum atomic E-state index is 12.2. The second-order valence-electron chi connectivity index (χ2n) is 5.02. The molecular formula is C11H14N4O4. The topological polar surface area (TPSA) is 119 Å². The number of hydrogen-bond donors (Lipinski definition) is 3. The number of carboxylic acids is 1. The molecule has 1 saturated carbocycles. The summed E-state index contributed by atoms with van der Waals surface area (Å²) in [6, 6.07) is -1.01. The third-order valence-electron chi connectivity index (χ3n) is 3.48. The molecule has 2 atom stereocenters. The van der Waals surface area contributed by atoms with E-state index >= 15 is 0 Å². The molecule has 1 aliphatic heterocycles. The van der Waals surface area contributed by atoms with E-state index in [1.54, 1.807) is 0 Å². The van der Waals surface area contributed by atoms with Crippen LogP contribution in [-0.2, 0) is 4.79 Å². The van der Waals surface area contributed by atoms with Gasteiger partial charge in [-0.05, 0) is 12.8 Å². The van der Waals surface area contributed by atoms with E-state index in [0.717, 1.165) is 17.7 Å². The predicted octanol–water partition coefficient (Wildman–Crippen LogP) is -0.658. The number of amides is 1. The van der Waals surface area contributed by atoms with Crippen LogP contribution in [0, 0.1) is 0 Å². The average molecular weight is 266 g/mol. The van der Waals surface area contributed by atoms with Gasteiger partial charge in [0, 0.05) is 18.9 Å². The van der Waals surface area contributed by atoms with Crippen molar-refractivity contribution in [3.8, 4) is 0 Å². The van der Waals surface area contributed by atoms with Crippen molar-refractivity contribution in [2.75, 3.05) is 6.54 Å². The van der Waals surface area contributed by atoms with Crippen molar-refractivity contribution < 1.29 is 19.8 Å². The lowest BCUT2D eigenvalue weighted by molar-refractivity contribution is -0.141. The number of carbonyl (C=O) groups excluding carboxylic acids is 1. The molecular weight excluding hydrogens is 252 g/mol. The van der Waals surface area contributed by atoms with Crippen LogP contribution in [0.4, 0.5) is 0 Å². The van der Waals surface area contributed by atoms with Gasteiger partial charge >= 0.3 is 5.97 Å². The number of aliphatic carboxylic acids is 1. The van der Waals surface area contributed by atoms with Crippen molar-refractivity contribution in [3.05, 3.63) is 11.6 Å². The lowest BCUT2D eigenvalue weighted by Gasteiger charge is -2.19. The van der Waals surface area contributed by atoms with E-state index in [9.17, 15) is 14.7 Å². The van der Waals surface area contributed by atoms with Crippen LogP contribution < -0.4 is 0 Å². The van der Waals surface area contributed by atoms with Gasteiger partial charge in [0.15, 0.2) is 0 Å². The molecule has 3 rings (SSSR count). The monoisotopic (exact) mass is 266 g/mol. The van der Waals surface area contributed by atoms with Crippen LogP contribution in [0.1, 0.15) is 41.6 Å². The third kappa shape index (κ3) is 2.19. The van der Waals surface area contributed by atoms with Crippen LogP contribution in [0.3, 0.4) is 0 Å². The Morgan fingerprint density at radius 2 is 2.11 bits per heavy atom. The lowest BCUT2D eigenvalue weighted by Crippen LogP contribution is -2.41. The molecule has 1 saturated heterocycles. The Kier molecular flexibility index (Phi) is 2.74. The number of carboxylic acid groups (broad SMARTS) is 1. The average Bonchev–Trinajstić information content (AvgIpc) is 2.96. The Morgan fingerprint density at radius 1 is 1.37 bits per heavy atom. The second kappa shape index (κ2) is 4.30. The van der Waals surface area contributed by atoms with Gasteiger partial charge < -0.3 is 15.1 Å². The second-order valence-corrected chi connectivity index (χ2v) is 5.02. The first-order valence-electron chi connectivity index (χ1n) is 6.20. The molecule has 1 aliphatic carbocycles. The first-order chi connectivity index (χ1) is 9.06. The number of nitrogens with one attached hydrogen (secondary N) is 1. The number of carbonyl (C=O) groups is 2. The molecule has 2 fully saturated rings. The first kappa shape index (κ1) is 12.1. The quantitative estimate of drug-likeness (QED) is 0.668. The molecule has 2 heterocycles. The van der Waals surface area contributed by atoms with Gasteiger partial charge in [-0.2, -0.15) is 0 Å². The van der Waals surface area contributed by atoms with Gasteiger partial charge in [0.25, 0.3) is 5.91 Å². The molecule has 0 aromatic carbocycles. The number of β-amino-alcohol motifs (C(OH)–C–C–N with tert-alkyl or cyclic N) is 1. The number of rotatable bonds is 3. The summed E-state index contributed by atoms with van der Waals surface area (Å²) in [6.07, 6.45) is 1.29. The largest absolute Gasteiger partial charge is 0.480 e. The maximum Gasteiger partial charge on any atom is 0.326 e. The summed E-state index contributed by atoms with van der Waals surface area (Å²) in [5.74, 6) is -0.680. The number of aromatic nitrogens is 3. The molecule has 19 heavy (non-hydrogen) atoms. The van der Waals surface area contributed by atoms with Crippen molar-refractivity contribution in [2.24, 2.45) is 0 Å². The minimum atomic E-state index is -1.12. The van der Waals surface area contributed by atoms with E-state index in [0.29, 0.717) is 11.7 Å². The normalized spacial score (nSPS) is 26.7. The standard InChI is InChI=1S/C11H14N4O4/c16-6-3-7(11(18)19)15(4-6)10(17)9-12-8(13-14-9)5-1-2-5/h5-7,16H,1-4H2,(H,18,19)(H,12,13,14)/t6?,7-/m0/s1. The smallest absolute Gasteiger partial charge is 0.326 e. The molecule has 1 aromatic rings. The summed E-state index contributed by atoms with van der Waals surface area (Å²) in [4.78, 5) is 28.5. The number of aliphatic hydroxyl groups is 1. The molecule has 0 spiro atoms. The van der Waals surface area contributed by atoms with E-state index < -0.39 is 24.0 Å². The molecule has 1 amide bonds. The summed E-state index contributed by atoms with van der Waals surface area (Å²) < 4.78 is 0. The van der Waals surface area contributed by atoms with E-state index in [4.69, 9.17) is 5.11 Å². The van der Waals surface area contributed by atoms with Gasteiger partial charge in [0.05, 0.1) is 6.10 Å². The van der Waals surface area contributed by atoms with Crippen LogP contribution in [0.15, 0.2) is 0 Å². The SMILES string of the molecule is O=C(O)[C@@H]1CC(O)CN1C(=O)c1n[nH]c(C2CC2)n1. The van der Waals surface area contributed by atoms with Crippen LogP contribution in [-0.4, -0.2) is 60.9 Å². The minimum Gasteiger partial charge on any atom is -0.480 e. The van der Waals surface area contributed by atoms with Gasteiger partial charge in [-0.25, -0.2) is 9.78 Å². The van der Waals surface area contributed by atoms with Crippen LogP contribution in [0.5, 0.6) is 0 Å². The van der Waals surface area contributed by atoms with Crippen LogP contribution >= 0.6 is 0 Å². The Balaban J connectivity index is 1.79. The molecule has 1 aromatic heterocycles. The summed E-state index contributed by atoms with van der Waals surface area (Å²) in [5, 5.41) is 25.1. The van der Waals surface area contributed by atoms with E-state index in [2.05, 4.69) is 15.2 Å². The van der Waals surface area contributed by atoms with Gasteiger partial charge in [0.2, 0.25) is 5.82 Å². The van der Waals surface area contributed by atoms with E-state index in [1.165, 1.54) is 0 Å². The lowest BCUT2D eigenvalue weighted by atomic mass is 10.2. The predicted molar refractivity (Wildman–Crippen MR) is 61.4 cm³/mol. The van der Waals surface area contributed by atoms with Crippen molar-refractivity contribution >= 4 is 11.9 Å². The number of hydrogen-bond acceptors (Lipinski definition) is 5. The Bertz CT molecular complexity index is 525. The number of likely N-dealkylation sites (tertiary alicyclic amines) is 1. The van der Waals surface area contributed by atoms with Crippen molar-refractivity contribution in [3.63, 3.8) is 0 Å². The highest BCUT2D eigenvalue weighted by Gasteiger charge is 2.40. The van der Waals surface area contributed by atoms with Gasteiger partial charge in [-0.3, -0.25) is 9.89 Å². The minimum absolute atomic E-state index is 0.00308. The molecule has 8 nitrogen and oxygen atoms in total. The zero-order chi connectivity index (χ0) is 13.6. The summed E-state index contributed by atoms with van der Waals surface area (Å²) >= 11 is 0. The van der Waals surface area contributed by atoms with Crippen molar-refractivity contribution in [1.82, 2.24) is 20.1 Å². The molecule has 8 heteroatoms. The molecule has 2 aliphatic rings. The zero-order valence-corrected chi connectivity index (χ0v) is 10.1. The Hall–Kier alpha value is -1.96. The fourth-order valence-corrected chi connectivity index (χ4v) is 2.31. The van der Waals surface area contributed by atoms with Crippen LogP contribution in [0.2, 0.25) is 0 Å². The Labute approximate surface area is 108 Å². The number of nitrogens with zero attached hydrogens (tertiary/aromatic N) is 3. The number of H-pyrrole nitrogens is 1. The third-order valence-corrected chi connectivity index (χ3v) is 3.48. The van der Waals surface area contributed by atoms with Crippen molar-refractivity contribution in [1.29, 1.82) is 0 Å². The van der Waals surface area contributed by atoms with Crippen LogP contribution in [0.25, 0.3) is 0 Å². The maximum absolute atomic E-state index is 12.2. The summed E-state index contributed by atoms with van der Waals surface area (Å²) in [6.45, 7) is 0.00308. The molecule has 102 valence electrons. The molecule has 0 radical (unpaired) electrons. The van der Waals surface area contributed by atoms with E-state index in [-0.39, 0.29) is 18.8 Å². The summed E-state index contributed by atoms with van der Waals surface area (Å²) in [7, 11) is 0. The highest BCUT2D eigenvalue weighted by atomic mass is 16.4. The zero-order valence-electron chi connectivity index (χ0n) is 10.1. The Morgan fingerprint density at radius 3 is 2.74 bits per heavy atom. The molecule has 0 bridgehead atoms. The summed E-state index contributed by atoms with van der Waals surface area (Å²) in [5.41, 5.74) is 0.